The lowest BCUT2D eigenvalue weighted by atomic mass is 10.0. The smallest absolute Gasteiger partial charge is 0.120 e. The molecule has 0 unspecified atom stereocenters. The maximum absolute atomic E-state index is 10.3. The van der Waals surface area contributed by atoms with Gasteiger partial charge in [-0.25, -0.2) is 0 Å². The number of methoxy groups -OCH3 is 1. The predicted octanol–water partition coefficient (Wildman–Crippen LogP) is 3.65. The maximum atomic E-state index is 10.3. The molecule has 0 saturated carbocycles. The van der Waals surface area contributed by atoms with Crippen molar-refractivity contribution in [2.75, 3.05) is 26.8 Å². The zero-order valence-electron chi connectivity index (χ0n) is 13.2. The molecule has 0 aliphatic rings. The molecule has 2 aromatic carbocycles. The third-order valence-electron chi connectivity index (χ3n) is 3.63. The van der Waals surface area contributed by atoms with E-state index >= 15 is 0 Å². The Balaban J connectivity index is 2.28. The van der Waals surface area contributed by atoms with Gasteiger partial charge in [0, 0.05) is 32.3 Å². The van der Waals surface area contributed by atoms with Crippen LogP contribution in [0.5, 0.6) is 5.75 Å². The molecule has 0 radical (unpaired) electrons. The average Bonchev–Trinajstić information content (AvgIpc) is 2.47. The van der Waals surface area contributed by atoms with Crippen LogP contribution in [-0.2, 0) is 11.3 Å². The molecule has 1 N–H and O–H groups in total. The lowest BCUT2D eigenvalue weighted by Gasteiger charge is -2.25. The van der Waals surface area contributed by atoms with Gasteiger partial charge in [-0.2, -0.15) is 0 Å². The summed E-state index contributed by atoms with van der Waals surface area (Å²) in [5, 5.41) is 12.6. The van der Waals surface area contributed by atoms with E-state index in [4.69, 9.17) is 4.74 Å². The van der Waals surface area contributed by atoms with Crippen molar-refractivity contribution < 1.29 is 9.84 Å². The second-order valence-corrected chi connectivity index (χ2v) is 5.91. The van der Waals surface area contributed by atoms with E-state index in [9.17, 15) is 5.11 Å². The molecule has 0 aliphatic heterocycles. The van der Waals surface area contributed by atoms with Crippen molar-refractivity contribution in [1.29, 1.82) is 0 Å². The molecule has 3 nitrogen and oxygen atoms in total. The summed E-state index contributed by atoms with van der Waals surface area (Å²) in [6.07, 6.45) is 0. The molecule has 0 heterocycles. The summed E-state index contributed by atoms with van der Waals surface area (Å²) in [4.78, 5) is 2.34. The molecule has 0 aromatic heterocycles. The minimum absolute atomic E-state index is 0.375. The summed E-state index contributed by atoms with van der Waals surface area (Å²) in [7, 11) is 1.73. The van der Waals surface area contributed by atoms with Crippen molar-refractivity contribution >= 4 is 10.8 Å². The van der Waals surface area contributed by atoms with Crippen LogP contribution in [0.4, 0.5) is 0 Å². The summed E-state index contributed by atoms with van der Waals surface area (Å²) in [5.41, 5.74) is 1.00. The first-order valence-corrected chi connectivity index (χ1v) is 7.52. The molecular formula is C18H25NO2. The lowest BCUT2D eigenvalue weighted by Crippen LogP contribution is -2.30. The van der Waals surface area contributed by atoms with Gasteiger partial charge in [0.2, 0.25) is 0 Å². The van der Waals surface area contributed by atoms with E-state index in [-0.39, 0.29) is 0 Å². The molecule has 0 saturated heterocycles. The van der Waals surface area contributed by atoms with Crippen LogP contribution < -0.4 is 0 Å². The molecule has 0 aliphatic carbocycles. The zero-order valence-corrected chi connectivity index (χ0v) is 13.2. The lowest BCUT2D eigenvalue weighted by molar-refractivity contribution is 0.135. The number of rotatable bonds is 7. The summed E-state index contributed by atoms with van der Waals surface area (Å²) >= 11 is 0. The van der Waals surface area contributed by atoms with E-state index in [1.165, 1.54) is 5.39 Å². The molecule has 0 amide bonds. The Bertz CT molecular complexity index is 580. The van der Waals surface area contributed by atoms with Crippen molar-refractivity contribution in [2.45, 2.75) is 20.4 Å². The summed E-state index contributed by atoms with van der Waals surface area (Å²) in [5.74, 6) is 0.957. The number of hydrogen-bond acceptors (Lipinski definition) is 3. The Hall–Kier alpha value is -1.58. The van der Waals surface area contributed by atoms with E-state index in [0.717, 1.165) is 30.6 Å². The van der Waals surface area contributed by atoms with Gasteiger partial charge in [-0.15, -0.1) is 0 Å². The SMILES string of the molecule is COCCN(Cc1c(O)ccc2ccccc12)CC(C)C. The topological polar surface area (TPSA) is 32.7 Å². The van der Waals surface area contributed by atoms with Gasteiger partial charge in [0.25, 0.3) is 0 Å². The predicted molar refractivity (Wildman–Crippen MR) is 87.6 cm³/mol. The Morgan fingerprint density at radius 3 is 2.62 bits per heavy atom. The van der Waals surface area contributed by atoms with Gasteiger partial charge in [0.05, 0.1) is 6.61 Å². The number of phenols is 1. The molecule has 0 fully saturated rings. The summed E-state index contributed by atoms with van der Waals surface area (Å²) in [6, 6.07) is 12.0. The highest BCUT2D eigenvalue weighted by Crippen LogP contribution is 2.28. The Kier molecular flexibility index (Phi) is 5.59. The molecule has 114 valence electrons. The second-order valence-electron chi connectivity index (χ2n) is 5.91. The first-order valence-electron chi connectivity index (χ1n) is 7.52. The van der Waals surface area contributed by atoms with Gasteiger partial charge in [-0.05, 0) is 22.8 Å². The van der Waals surface area contributed by atoms with E-state index < -0.39 is 0 Å². The normalized spacial score (nSPS) is 11.7. The molecular weight excluding hydrogens is 262 g/mol. The Labute approximate surface area is 127 Å². The molecule has 3 heteroatoms. The van der Waals surface area contributed by atoms with Crippen LogP contribution in [0.3, 0.4) is 0 Å². The third-order valence-corrected chi connectivity index (χ3v) is 3.63. The quantitative estimate of drug-likeness (QED) is 0.843. The molecule has 2 aromatic rings. The monoisotopic (exact) mass is 287 g/mol. The van der Waals surface area contributed by atoms with Gasteiger partial charge in [-0.3, -0.25) is 4.90 Å². The highest BCUT2D eigenvalue weighted by molar-refractivity contribution is 5.87. The number of phenolic OH excluding ortho intramolecular Hbond substituents is 1. The molecule has 0 atom stereocenters. The van der Waals surface area contributed by atoms with Crippen LogP contribution in [-0.4, -0.2) is 36.8 Å². The van der Waals surface area contributed by atoms with Gasteiger partial charge in [-0.1, -0.05) is 44.2 Å². The van der Waals surface area contributed by atoms with Crippen molar-refractivity contribution in [1.82, 2.24) is 4.90 Å². The van der Waals surface area contributed by atoms with Crippen molar-refractivity contribution in [3.05, 3.63) is 42.0 Å². The Morgan fingerprint density at radius 1 is 1.14 bits per heavy atom. The molecule has 0 bridgehead atoms. The molecule has 21 heavy (non-hydrogen) atoms. The molecule has 0 spiro atoms. The van der Waals surface area contributed by atoms with Gasteiger partial charge in [0.1, 0.15) is 5.75 Å². The highest BCUT2D eigenvalue weighted by atomic mass is 16.5. The highest BCUT2D eigenvalue weighted by Gasteiger charge is 2.13. The van der Waals surface area contributed by atoms with Gasteiger partial charge < -0.3 is 9.84 Å². The van der Waals surface area contributed by atoms with Crippen LogP contribution in [0.25, 0.3) is 10.8 Å². The van der Waals surface area contributed by atoms with Crippen LogP contribution in [0.1, 0.15) is 19.4 Å². The van der Waals surface area contributed by atoms with E-state index in [1.54, 1.807) is 13.2 Å². The summed E-state index contributed by atoms with van der Waals surface area (Å²) < 4.78 is 5.21. The minimum Gasteiger partial charge on any atom is -0.508 e. The largest absolute Gasteiger partial charge is 0.508 e. The number of hydrogen-bond donors (Lipinski definition) is 1. The van der Waals surface area contributed by atoms with Gasteiger partial charge in [0.15, 0.2) is 0 Å². The fourth-order valence-electron chi connectivity index (χ4n) is 2.69. The first kappa shape index (κ1) is 15.8. The van der Waals surface area contributed by atoms with E-state index in [1.807, 2.05) is 18.2 Å². The number of nitrogens with zero attached hydrogens (tertiary/aromatic N) is 1. The zero-order chi connectivity index (χ0) is 15.2. The van der Waals surface area contributed by atoms with Crippen LogP contribution >= 0.6 is 0 Å². The fourth-order valence-corrected chi connectivity index (χ4v) is 2.69. The number of ether oxygens (including phenoxy) is 1. The number of aromatic hydroxyl groups is 1. The van der Waals surface area contributed by atoms with Crippen molar-refractivity contribution in [2.24, 2.45) is 5.92 Å². The Morgan fingerprint density at radius 2 is 1.90 bits per heavy atom. The van der Waals surface area contributed by atoms with Crippen LogP contribution in [0, 0.1) is 5.92 Å². The number of fused-ring (bicyclic) bond motifs is 1. The van der Waals surface area contributed by atoms with Crippen LogP contribution in [0.2, 0.25) is 0 Å². The number of benzene rings is 2. The van der Waals surface area contributed by atoms with Gasteiger partial charge >= 0.3 is 0 Å². The first-order chi connectivity index (χ1) is 10.1. The molecule has 2 rings (SSSR count). The minimum atomic E-state index is 0.375. The van der Waals surface area contributed by atoms with Crippen molar-refractivity contribution in [3.63, 3.8) is 0 Å². The maximum Gasteiger partial charge on any atom is 0.120 e. The fraction of sp³-hybridized carbons (Fsp3) is 0.444. The van der Waals surface area contributed by atoms with E-state index in [2.05, 4.69) is 30.9 Å². The summed E-state index contributed by atoms with van der Waals surface area (Å²) in [6.45, 7) is 7.74. The van der Waals surface area contributed by atoms with E-state index in [0.29, 0.717) is 18.3 Å². The van der Waals surface area contributed by atoms with Crippen molar-refractivity contribution in [3.8, 4) is 5.75 Å². The third kappa shape index (κ3) is 4.19. The average molecular weight is 287 g/mol. The van der Waals surface area contributed by atoms with Crippen LogP contribution in [0.15, 0.2) is 36.4 Å². The second kappa shape index (κ2) is 7.43. The standard InChI is InChI=1S/C18H25NO2/c1-14(2)12-19(10-11-21-3)13-17-16-7-5-4-6-15(16)8-9-18(17)20/h4-9,14,20H,10-13H2,1-3H3.